The molecule has 1 aromatic rings. The maximum atomic E-state index is 12.3. The van der Waals surface area contributed by atoms with Gasteiger partial charge in [-0.05, 0) is 87.3 Å². The van der Waals surface area contributed by atoms with Gasteiger partial charge in [0.15, 0.2) is 0 Å². The molecule has 5 rings (SSSR count). The molecule has 6 nitrogen and oxygen atoms in total. The second kappa shape index (κ2) is 8.95. The number of carbonyl (C=O) groups is 2. The first kappa shape index (κ1) is 21.6. The Morgan fingerprint density at radius 3 is 2.38 bits per heavy atom. The second-order valence-corrected chi connectivity index (χ2v) is 10.5. The van der Waals surface area contributed by atoms with Crippen molar-refractivity contribution in [2.75, 3.05) is 32.8 Å². The van der Waals surface area contributed by atoms with E-state index in [9.17, 15) is 9.59 Å². The summed E-state index contributed by atoms with van der Waals surface area (Å²) in [7, 11) is 0. The zero-order valence-electron chi connectivity index (χ0n) is 19.3. The smallest absolute Gasteiger partial charge is 0.410 e. The van der Waals surface area contributed by atoms with E-state index in [2.05, 4.69) is 0 Å². The summed E-state index contributed by atoms with van der Waals surface area (Å²) in [5.74, 6) is 3.41. The molecular formula is C26H36N2O4. The molecule has 2 aliphatic carbocycles. The molecule has 2 heterocycles. The molecule has 174 valence electrons. The molecule has 32 heavy (non-hydrogen) atoms. The summed E-state index contributed by atoms with van der Waals surface area (Å²) >= 11 is 0. The number of benzene rings is 1. The highest BCUT2D eigenvalue weighted by molar-refractivity contribution is 5.79. The molecule has 6 heteroatoms. The largest absolute Gasteiger partial charge is 0.494 e. The normalized spacial score (nSPS) is 26.3. The van der Waals surface area contributed by atoms with Gasteiger partial charge in [-0.2, -0.15) is 0 Å². The Balaban J connectivity index is 0.973. The second-order valence-electron chi connectivity index (χ2n) is 10.5. The standard InChI is InChI=1S/C26H36N2O4/c1-26(10-11-26)32-25(30)28-14-7-20(8-15-28)23-18-21(23)9-16-31-22-5-3-19(4-6-22)17-24(29)27-12-2-13-27/h3-6,20-21,23H,2,7-18H2,1H3. The third-order valence-electron chi connectivity index (χ3n) is 7.91. The van der Waals surface area contributed by atoms with Crippen molar-refractivity contribution in [2.24, 2.45) is 17.8 Å². The molecule has 0 radical (unpaired) electrons. The molecule has 4 aliphatic rings. The highest BCUT2D eigenvalue weighted by atomic mass is 16.6. The lowest BCUT2D eigenvalue weighted by molar-refractivity contribution is -0.133. The minimum absolute atomic E-state index is 0.111. The number of nitrogens with zero attached hydrogens (tertiary/aromatic N) is 2. The summed E-state index contributed by atoms with van der Waals surface area (Å²) in [5, 5.41) is 0. The van der Waals surface area contributed by atoms with E-state index >= 15 is 0 Å². The summed E-state index contributed by atoms with van der Waals surface area (Å²) in [6, 6.07) is 7.99. The van der Waals surface area contributed by atoms with Crippen molar-refractivity contribution in [3.63, 3.8) is 0 Å². The quantitative estimate of drug-likeness (QED) is 0.606. The zero-order valence-corrected chi connectivity index (χ0v) is 19.3. The van der Waals surface area contributed by atoms with Crippen LogP contribution in [0.5, 0.6) is 5.75 Å². The van der Waals surface area contributed by atoms with Gasteiger partial charge in [0.1, 0.15) is 11.4 Å². The van der Waals surface area contributed by atoms with E-state index in [-0.39, 0.29) is 17.6 Å². The molecule has 0 spiro atoms. The minimum atomic E-state index is -0.179. The molecule has 1 aromatic carbocycles. The maximum Gasteiger partial charge on any atom is 0.410 e. The fourth-order valence-electron chi connectivity index (χ4n) is 5.13. The molecule has 2 atom stereocenters. The fraction of sp³-hybridized carbons (Fsp3) is 0.692. The molecular weight excluding hydrogens is 404 g/mol. The van der Waals surface area contributed by atoms with Gasteiger partial charge >= 0.3 is 6.09 Å². The first-order valence-corrected chi connectivity index (χ1v) is 12.5. The maximum absolute atomic E-state index is 12.3. The summed E-state index contributed by atoms with van der Waals surface area (Å²) < 4.78 is 11.6. The number of piperidine rings is 1. The van der Waals surface area contributed by atoms with Gasteiger partial charge in [-0.25, -0.2) is 4.79 Å². The van der Waals surface area contributed by atoms with Gasteiger partial charge in [-0.1, -0.05) is 12.1 Å². The predicted octanol–water partition coefficient (Wildman–Crippen LogP) is 4.27. The van der Waals surface area contributed by atoms with Gasteiger partial charge in [-0.15, -0.1) is 0 Å². The number of amides is 2. The molecule has 2 unspecified atom stereocenters. The Morgan fingerprint density at radius 2 is 1.75 bits per heavy atom. The number of hydrogen-bond acceptors (Lipinski definition) is 4. The van der Waals surface area contributed by atoms with Gasteiger partial charge in [0, 0.05) is 26.2 Å². The molecule has 2 aliphatic heterocycles. The third-order valence-corrected chi connectivity index (χ3v) is 7.91. The van der Waals surface area contributed by atoms with Gasteiger partial charge in [-0.3, -0.25) is 4.79 Å². The van der Waals surface area contributed by atoms with Crippen molar-refractivity contribution in [2.45, 2.75) is 63.9 Å². The van der Waals surface area contributed by atoms with E-state index in [1.807, 2.05) is 41.0 Å². The van der Waals surface area contributed by atoms with E-state index in [0.717, 1.165) is 100 Å². The Bertz CT molecular complexity index is 823. The number of ether oxygens (including phenoxy) is 2. The van der Waals surface area contributed by atoms with Crippen molar-refractivity contribution in [3.05, 3.63) is 29.8 Å². The van der Waals surface area contributed by atoms with Crippen LogP contribution in [-0.4, -0.2) is 60.2 Å². The average molecular weight is 441 g/mol. The highest BCUT2D eigenvalue weighted by Gasteiger charge is 2.45. The van der Waals surface area contributed by atoms with Crippen LogP contribution < -0.4 is 4.74 Å². The molecule has 0 N–H and O–H groups in total. The predicted molar refractivity (Wildman–Crippen MR) is 121 cm³/mol. The van der Waals surface area contributed by atoms with Crippen molar-refractivity contribution >= 4 is 12.0 Å². The lowest BCUT2D eigenvalue weighted by atomic mass is 9.91. The van der Waals surface area contributed by atoms with E-state index in [1.165, 1.54) is 6.42 Å². The van der Waals surface area contributed by atoms with E-state index < -0.39 is 0 Å². The van der Waals surface area contributed by atoms with Gasteiger partial charge in [0.25, 0.3) is 0 Å². The fourth-order valence-corrected chi connectivity index (χ4v) is 5.13. The average Bonchev–Trinajstić information content (AvgIpc) is 3.66. The first-order chi connectivity index (χ1) is 15.5. The van der Waals surface area contributed by atoms with Crippen LogP contribution in [0.1, 0.15) is 57.4 Å². The summed E-state index contributed by atoms with van der Waals surface area (Å²) in [4.78, 5) is 28.2. The van der Waals surface area contributed by atoms with Crippen LogP contribution in [0.25, 0.3) is 0 Å². The molecule has 2 saturated carbocycles. The lowest BCUT2D eigenvalue weighted by Gasteiger charge is -2.32. The Labute approximate surface area is 191 Å². The molecule has 2 amide bonds. The van der Waals surface area contributed by atoms with Crippen LogP contribution in [-0.2, 0) is 16.0 Å². The van der Waals surface area contributed by atoms with Gasteiger partial charge < -0.3 is 19.3 Å². The minimum Gasteiger partial charge on any atom is -0.494 e. The summed E-state index contributed by atoms with van der Waals surface area (Å²) in [5.41, 5.74) is 0.875. The van der Waals surface area contributed by atoms with E-state index in [1.54, 1.807) is 0 Å². The van der Waals surface area contributed by atoms with Gasteiger partial charge in [0.05, 0.1) is 13.0 Å². The highest BCUT2D eigenvalue weighted by Crippen LogP contribution is 2.50. The Kier molecular flexibility index (Phi) is 6.04. The third kappa shape index (κ3) is 5.21. The molecule has 2 saturated heterocycles. The Morgan fingerprint density at radius 1 is 1.03 bits per heavy atom. The molecule has 0 aromatic heterocycles. The Hall–Kier alpha value is -2.24. The van der Waals surface area contributed by atoms with Crippen LogP contribution in [0.3, 0.4) is 0 Å². The van der Waals surface area contributed by atoms with Crippen molar-refractivity contribution in [1.29, 1.82) is 0 Å². The first-order valence-electron chi connectivity index (χ1n) is 12.5. The SMILES string of the molecule is CC1(OC(=O)N2CCC(C3CC3CCOc3ccc(CC(=O)N4CCC4)cc3)CC2)CC1. The van der Waals surface area contributed by atoms with Crippen molar-refractivity contribution in [1.82, 2.24) is 9.80 Å². The van der Waals surface area contributed by atoms with E-state index in [0.29, 0.717) is 6.42 Å². The van der Waals surface area contributed by atoms with Crippen LogP contribution in [0.2, 0.25) is 0 Å². The van der Waals surface area contributed by atoms with Crippen LogP contribution in [0, 0.1) is 17.8 Å². The van der Waals surface area contributed by atoms with Crippen LogP contribution in [0.4, 0.5) is 4.79 Å². The van der Waals surface area contributed by atoms with Crippen LogP contribution >= 0.6 is 0 Å². The summed E-state index contributed by atoms with van der Waals surface area (Å²) in [6.07, 6.45) is 8.12. The number of likely N-dealkylation sites (tertiary alicyclic amines) is 2. The summed E-state index contributed by atoms with van der Waals surface area (Å²) in [6.45, 7) is 6.27. The topological polar surface area (TPSA) is 59.1 Å². The molecule has 4 fully saturated rings. The van der Waals surface area contributed by atoms with Gasteiger partial charge in [0.2, 0.25) is 5.91 Å². The van der Waals surface area contributed by atoms with Crippen molar-refractivity contribution < 1.29 is 19.1 Å². The number of carbonyl (C=O) groups excluding carboxylic acids is 2. The van der Waals surface area contributed by atoms with Crippen molar-refractivity contribution in [3.8, 4) is 5.75 Å². The van der Waals surface area contributed by atoms with E-state index in [4.69, 9.17) is 9.47 Å². The number of rotatable bonds is 8. The van der Waals surface area contributed by atoms with Crippen LogP contribution in [0.15, 0.2) is 24.3 Å². The lowest BCUT2D eigenvalue weighted by Crippen LogP contribution is -2.42. The zero-order chi connectivity index (χ0) is 22.1. The molecule has 0 bridgehead atoms. The number of hydrogen-bond donors (Lipinski definition) is 0. The monoisotopic (exact) mass is 440 g/mol.